The first-order valence-corrected chi connectivity index (χ1v) is 9.32. The van der Waals surface area contributed by atoms with Gasteiger partial charge in [0.1, 0.15) is 0 Å². The summed E-state index contributed by atoms with van der Waals surface area (Å²) >= 11 is 0. The largest absolute Gasteiger partial charge is 0.399 e. The number of halogens is 1. The smallest absolute Gasteiger partial charge is 0.231 e. The van der Waals surface area contributed by atoms with Crippen LogP contribution >= 0.6 is 12.4 Å². The summed E-state index contributed by atoms with van der Waals surface area (Å²) in [5.74, 6) is 0.612. The number of carbonyl (C=O) groups is 1. The van der Waals surface area contributed by atoms with E-state index >= 15 is 0 Å². The zero-order chi connectivity index (χ0) is 17.9. The van der Waals surface area contributed by atoms with Crippen molar-refractivity contribution < 1.29 is 4.79 Å². The predicted octanol–water partition coefficient (Wildman–Crippen LogP) is 4.73. The number of amides is 1. The number of hydrogen-bond donors (Lipinski definition) is 2. The van der Waals surface area contributed by atoms with Crippen LogP contribution in [0, 0.1) is 0 Å². The van der Waals surface area contributed by atoms with Gasteiger partial charge in [-0.3, -0.25) is 10.1 Å². The van der Waals surface area contributed by atoms with E-state index in [4.69, 9.17) is 10.7 Å². The van der Waals surface area contributed by atoms with Crippen LogP contribution in [0.2, 0.25) is 0 Å². The second kappa shape index (κ2) is 8.44. The number of nitrogen functional groups attached to an aromatic ring is 1. The molecule has 0 atom stereocenters. The second-order valence-corrected chi connectivity index (χ2v) is 7.05. The summed E-state index contributed by atoms with van der Waals surface area (Å²) in [5, 5.41) is 3.04. The molecule has 1 fully saturated rings. The van der Waals surface area contributed by atoms with E-state index in [1.54, 1.807) is 0 Å². The minimum atomic E-state index is -0.0536. The van der Waals surface area contributed by atoms with Crippen LogP contribution in [0.1, 0.15) is 43.7 Å². The summed E-state index contributed by atoms with van der Waals surface area (Å²) in [6.07, 6.45) is 6.35. The number of nitrogens with one attached hydrogen (secondary N) is 1. The molecule has 1 aromatic heterocycles. The number of fused-ring (bicyclic) bond motifs is 1. The third kappa shape index (κ3) is 4.25. The number of rotatable bonds is 4. The first-order chi connectivity index (χ1) is 12.7. The Bertz CT molecular complexity index is 914. The molecule has 5 nitrogen and oxygen atoms in total. The predicted molar refractivity (Wildman–Crippen MR) is 112 cm³/mol. The van der Waals surface area contributed by atoms with Crippen molar-refractivity contribution >= 4 is 41.0 Å². The molecular weight excluding hydrogens is 360 g/mol. The average molecular weight is 385 g/mol. The summed E-state index contributed by atoms with van der Waals surface area (Å²) in [6, 6.07) is 15.9. The molecule has 1 heterocycles. The summed E-state index contributed by atoms with van der Waals surface area (Å²) < 4.78 is 2.23. The van der Waals surface area contributed by atoms with Crippen LogP contribution in [-0.4, -0.2) is 15.5 Å². The molecule has 1 saturated carbocycles. The maximum Gasteiger partial charge on any atom is 0.231 e. The van der Waals surface area contributed by atoms with E-state index in [1.165, 1.54) is 19.3 Å². The van der Waals surface area contributed by atoms with Crippen LogP contribution in [0.4, 0.5) is 11.6 Å². The van der Waals surface area contributed by atoms with Gasteiger partial charge >= 0.3 is 0 Å². The van der Waals surface area contributed by atoms with Crippen molar-refractivity contribution in [1.82, 2.24) is 9.55 Å². The van der Waals surface area contributed by atoms with Gasteiger partial charge in [0.05, 0.1) is 17.5 Å². The highest BCUT2D eigenvalue weighted by Crippen LogP contribution is 2.34. The Hall–Kier alpha value is -2.53. The van der Waals surface area contributed by atoms with Crippen molar-refractivity contribution in [2.24, 2.45) is 0 Å². The maximum absolute atomic E-state index is 12.6. The van der Waals surface area contributed by atoms with E-state index < -0.39 is 0 Å². The molecule has 3 aromatic rings. The molecular formula is C21H25ClN4O. The molecule has 0 radical (unpaired) electrons. The quantitative estimate of drug-likeness (QED) is 0.639. The molecule has 2 aromatic carbocycles. The molecule has 142 valence electrons. The summed E-state index contributed by atoms with van der Waals surface area (Å²) in [6.45, 7) is 0. The van der Waals surface area contributed by atoms with Crippen molar-refractivity contribution in [2.75, 3.05) is 11.1 Å². The van der Waals surface area contributed by atoms with E-state index in [0.717, 1.165) is 29.4 Å². The Morgan fingerprint density at radius 1 is 1.07 bits per heavy atom. The van der Waals surface area contributed by atoms with E-state index in [0.29, 0.717) is 24.1 Å². The number of nitrogens with zero attached hydrogens (tertiary/aromatic N) is 2. The van der Waals surface area contributed by atoms with Crippen LogP contribution in [0.3, 0.4) is 0 Å². The first-order valence-electron chi connectivity index (χ1n) is 9.32. The average Bonchev–Trinajstić information content (AvgIpc) is 3.02. The van der Waals surface area contributed by atoms with Gasteiger partial charge in [-0.1, -0.05) is 43.5 Å². The van der Waals surface area contributed by atoms with Crippen LogP contribution in [0.25, 0.3) is 11.0 Å². The van der Waals surface area contributed by atoms with Crippen LogP contribution < -0.4 is 11.1 Å². The van der Waals surface area contributed by atoms with Crippen molar-refractivity contribution in [2.45, 2.75) is 44.6 Å². The van der Waals surface area contributed by atoms with Crippen LogP contribution in [-0.2, 0) is 11.2 Å². The number of nitrogens with two attached hydrogens (primary N) is 1. The van der Waals surface area contributed by atoms with E-state index in [2.05, 4.69) is 16.0 Å². The normalized spacial score (nSPS) is 14.7. The molecule has 0 saturated heterocycles. The third-order valence-electron chi connectivity index (χ3n) is 5.13. The monoisotopic (exact) mass is 384 g/mol. The number of anilines is 2. The summed E-state index contributed by atoms with van der Waals surface area (Å²) in [4.78, 5) is 17.3. The Labute approximate surface area is 165 Å². The minimum absolute atomic E-state index is 0. The highest BCUT2D eigenvalue weighted by molar-refractivity contribution is 5.93. The molecule has 0 aliphatic heterocycles. The molecule has 1 aliphatic carbocycles. The van der Waals surface area contributed by atoms with Gasteiger partial charge in [0.25, 0.3) is 0 Å². The van der Waals surface area contributed by atoms with E-state index in [1.807, 2.05) is 42.5 Å². The van der Waals surface area contributed by atoms with Gasteiger partial charge in [-0.15, -0.1) is 12.4 Å². The van der Waals surface area contributed by atoms with Gasteiger partial charge in [0, 0.05) is 11.7 Å². The maximum atomic E-state index is 12.6. The first kappa shape index (κ1) is 19.2. The molecule has 27 heavy (non-hydrogen) atoms. The Kier molecular flexibility index (Phi) is 6.01. The van der Waals surface area contributed by atoms with Crippen LogP contribution in [0.15, 0.2) is 48.5 Å². The number of aromatic nitrogens is 2. The summed E-state index contributed by atoms with van der Waals surface area (Å²) in [7, 11) is 0. The van der Waals surface area contributed by atoms with Crippen LogP contribution in [0.5, 0.6) is 0 Å². The second-order valence-electron chi connectivity index (χ2n) is 7.05. The third-order valence-corrected chi connectivity index (χ3v) is 5.13. The summed E-state index contributed by atoms with van der Waals surface area (Å²) in [5.41, 5.74) is 9.39. The lowest BCUT2D eigenvalue weighted by Gasteiger charge is -2.25. The molecule has 0 spiro atoms. The lowest BCUT2D eigenvalue weighted by atomic mass is 9.95. The number of hydrogen-bond acceptors (Lipinski definition) is 3. The fraction of sp³-hybridized carbons (Fsp3) is 0.333. The van der Waals surface area contributed by atoms with Crippen molar-refractivity contribution in [1.29, 1.82) is 0 Å². The lowest BCUT2D eigenvalue weighted by Crippen LogP contribution is -2.21. The number of para-hydroxylation sites is 2. The standard InChI is InChI=1S/C21H24N4O.ClH/c22-16-12-10-15(11-13-16)14-20(26)24-21-23-18-8-4-5-9-19(18)25(21)17-6-2-1-3-7-17;/h4-5,8-13,17H,1-3,6-7,14,22H2,(H,23,24,26);1H. The molecule has 3 N–H and O–H groups in total. The molecule has 1 aliphatic rings. The van der Waals surface area contributed by atoms with Gasteiger partial charge in [-0.2, -0.15) is 0 Å². The highest BCUT2D eigenvalue weighted by Gasteiger charge is 2.22. The van der Waals surface area contributed by atoms with Crippen molar-refractivity contribution in [3.63, 3.8) is 0 Å². The van der Waals surface area contributed by atoms with E-state index in [-0.39, 0.29) is 18.3 Å². The van der Waals surface area contributed by atoms with Gasteiger partial charge in [0.15, 0.2) is 0 Å². The lowest BCUT2D eigenvalue weighted by molar-refractivity contribution is -0.115. The Balaban J connectivity index is 0.00000210. The minimum Gasteiger partial charge on any atom is -0.399 e. The molecule has 4 rings (SSSR count). The zero-order valence-electron chi connectivity index (χ0n) is 15.2. The fourth-order valence-electron chi connectivity index (χ4n) is 3.83. The molecule has 1 amide bonds. The number of imidazole rings is 1. The number of carbonyl (C=O) groups excluding carboxylic acids is 1. The fourth-order valence-corrected chi connectivity index (χ4v) is 3.83. The Morgan fingerprint density at radius 3 is 2.52 bits per heavy atom. The van der Waals surface area contributed by atoms with E-state index in [9.17, 15) is 4.79 Å². The zero-order valence-corrected chi connectivity index (χ0v) is 16.0. The van der Waals surface area contributed by atoms with Gasteiger partial charge in [0.2, 0.25) is 11.9 Å². The topological polar surface area (TPSA) is 72.9 Å². The van der Waals surface area contributed by atoms with Crippen molar-refractivity contribution in [3.05, 3.63) is 54.1 Å². The van der Waals surface area contributed by atoms with Crippen molar-refractivity contribution in [3.8, 4) is 0 Å². The highest BCUT2D eigenvalue weighted by atomic mass is 35.5. The van der Waals surface area contributed by atoms with Gasteiger partial charge < -0.3 is 10.3 Å². The number of benzene rings is 2. The van der Waals surface area contributed by atoms with Gasteiger partial charge in [-0.05, 0) is 42.7 Å². The molecule has 6 heteroatoms. The SMILES string of the molecule is Cl.Nc1ccc(CC(=O)Nc2nc3ccccc3n2C2CCCCC2)cc1. The Morgan fingerprint density at radius 2 is 1.78 bits per heavy atom. The van der Waals surface area contributed by atoms with Gasteiger partial charge in [-0.25, -0.2) is 4.98 Å². The molecule has 0 unspecified atom stereocenters. The molecule has 0 bridgehead atoms.